The van der Waals surface area contributed by atoms with E-state index < -0.39 is 0 Å². The Balaban J connectivity index is 2.51. The molecular formula is C14H23NO2. The molecule has 1 unspecified atom stereocenters. The third-order valence-corrected chi connectivity index (χ3v) is 2.44. The van der Waals surface area contributed by atoms with Crippen LogP contribution in [0.5, 0.6) is 5.75 Å². The van der Waals surface area contributed by atoms with Gasteiger partial charge in [0.15, 0.2) is 0 Å². The highest BCUT2D eigenvalue weighted by Crippen LogP contribution is 2.24. The summed E-state index contributed by atoms with van der Waals surface area (Å²) in [5.74, 6) is 1.41. The van der Waals surface area contributed by atoms with Crippen molar-refractivity contribution in [1.82, 2.24) is 0 Å². The van der Waals surface area contributed by atoms with Crippen molar-refractivity contribution in [3.63, 3.8) is 0 Å². The van der Waals surface area contributed by atoms with Crippen molar-refractivity contribution in [2.75, 3.05) is 32.2 Å². The molecule has 1 atom stereocenters. The van der Waals surface area contributed by atoms with E-state index in [-0.39, 0.29) is 0 Å². The lowest BCUT2D eigenvalue weighted by Crippen LogP contribution is -2.16. The van der Waals surface area contributed by atoms with Crippen LogP contribution in [0.2, 0.25) is 0 Å². The number of benzene rings is 1. The Morgan fingerprint density at radius 3 is 2.76 bits per heavy atom. The van der Waals surface area contributed by atoms with Crippen LogP contribution < -0.4 is 10.1 Å². The molecule has 0 fully saturated rings. The van der Waals surface area contributed by atoms with E-state index in [2.05, 4.69) is 19.2 Å². The molecule has 0 aliphatic heterocycles. The highest BCUT2D eigenvalue weighted by atomic mass is 16.5. The Kier molecular flexibility index (Phi) is 6.48. The van der Waals surface area contributed by atoms with E-state index >= 15 is 0 Å². The van der Waals surface area contributed by atoms with Crippen molar-refractivity contribution in [2.45, 2.75) is 20.3 Å². The van der Waals surface area contributed by atoms with Crippen LogP contribution >= 0.6 is 0 Å². The van der Waals surface area contributed by atoms with Gasteiger partial charge in [-0.15, -0.1) is 0 Å². The Bertz CT molecular complexity index is 315. The Labute approximate surface area is 104 Å². The number of ether oxygens (including phenoxy) is 2. The van der Waals surface area contributed by atoms with Crippen molar-refractivity contribution >= 4 is 5.69 Å². The summed E-state index contributed by atoms with van der Waals surface area (Å²) in [6.45, 7) is 6.68. The second kappa shape index (κ2) is 7.96. The molecule has 0 saturated heterocycles. The van der Waals surface area contributed by atoms with E-state index in [1.54, 1.807) is 7.11 Å². The number of hydrogen-bond acceptors (Lipinski definition) is 3. The molecule has 17 heavy (non-hydrogen) atoms. The van der Waals surface area contributed by atoms with Crippen LogP contribution in [0.3, 0.4) is 0 Å². The third kappa shape index (κ3) is 5.09. The fourth-order valence-electron chi connectivity index (χ4n) is 1.58. The van der Waals surface area contributed by atoms with Gasteiger partial charge in [-0.1, -0.05) is 26.0 Å². The molecule has 0 aromatic heterocycles. The Hall–Kier alpha value is -1.22. The maximum absolute atomic E-state index is 5.68. The van der Waals surface area contributed by atoms with Crippen molar-refractivity contribution in [2.24, 2.45) is 5.92 Å². The molecule has 0 bridgehead atoms. The fraction of sp³-hybridized carbons (Fsp3) is 0.571. The van der Waals surface area contributed by atoms with Gasteiger partial charge in [-0.05, 0) is 24.5 Å². The maximum atomic E-state index is 5.68. The summed E-state index contributed by atoms with van der Waals surface area (Å²) < 4.78 is 10.8. The van der Waals surface area contributed by atoms with Crippen molar-refractivity contribution in [1.29, 1.82) is 0 Å². The minimum absolute atomic E-state index is 0.485. The number of methoxy groups -OCH3 is 1. The Morgan fingerprint density at radius 1 is 1.29 bits per heavy atom. The largest absolute Gasteiger partial charge is 0.491 e. The van der Waals surface area contributed by atoms with Crippen LogP contribution in [0.25, 0.3) is 0 Å². The van der Waals surface area contributed by atoms with Gasteiger partial charge >= 0.3 is 0 Å². The molecule has 0 radical (unpaired) electrons. The lowest BCUT2D eigenvalue weighted by atomic mass is 10.2. The van der Waals surface area contributed by atoms with Gasteiger partial charge in [-0.25, -0.2) is 0 Å². The Morgan fingerprint density at radius 2 is 2.06 bits per heavy atom. The van der Waals surface area contributed by atoms with Crippen LogP contribution in [0.4, 0.5) is 5.69 Å². The number of rotatable bonds is 8. The monoisotopic (exact) mass is 237 g/mol. The second-order valence-electron chi connectivity index (χ2n) is 4.29. The van der Waals surface area contributed by atoms with E-state index in [0.29, 0.717) is 5.92 Å². The quantitative estimate of drug-likeness (QED) is 0.753. The topological polar surface area (TPSA) is 30.5 Å². The summed E-state index contributed by atoms with van der Waals surface area (Å²) in [6.07, 6.45) is 1.02. The zero-order valence-corrected chi connectivity index (χ0v) is 11.0. The van der Waals surface area contributed by atoms with Crippen LogP contribution in [-0.4, -0.2) is 26.9 Å². The highest BCUT2D eigenvalue weighted by molar-refractivity contribution is 5.56. The lowest BCUT2D eigenvalue weighted by Gasteiger charge is -2.15. The van der Waals surface area contributed by atoms with Gasteiger partial charge in [0.1, 0.15) is 5.75 Å². The summed E-state index contributed by atoms with van der Waals surface area (Å²) in [5, 5.41) is 3.40. The smallest absolute Gasteiger partial charge is 0.142 e. The predicted octanol–water partition coefficient (Wildman–Crippen LogP) is 3.17. The summed E-state index contributed by atoms with van der Waals surface area (Å²) in [4.78, 5) is 0. The van der Waals surface area contributed by atoms with Crippen molar-refractivity contribution in [3.8, 4) is 5.75 Å². The number of anilines is 1. The van der Waals surface area contributed by atoms with Gasteiger partial charge < -0.3 is 14.8 Å². The highest BCUT2D eigenvalue weighted by Gasteiger charge is 2.05. The molecule has 1 aromatic rings. The van der Waals surface area contributed by atoms with Gasteiger partial charge in [0.05, 0.1) is 18.9 Å². The molecule has 0 aliphatic carbocycles. The summed E-state index contributed by atoms with van der Waals surface area (Å²) in [5.41, 5.74) is 1.06. The first-order valence-electron chi connectivity index (χ1n) is 6.22. The standard InChI is InChI=1S/C14H23NO2/c1-4-9-17-14-8-6-5-7-13(14)15-10-12(2)11-16-3/h5-8,12,15H,4,9-11H2,1-3H3. The molecule has 0 heterocycles. The first kappa shape index (κ1) is 13.8. The number of hydrogen-bond donors (Lipinski definition) is 1. The van der Waals surface area contributed by atoms with E-state index in [0.717, 1.165) is 37.6 Å². The lowest BCUT2D eigenvalue weighted by molar-refractivity contribution is 0.164. The summed E-state index contributed by atoms with van der Waals surface area (Å²) >= 11 is 0. The predicted molar refractivity (Wildman–Crippen MR) is 71.8 cm³/mol. The molecule has 0 aliphatic rings. The average Bonchev–Trinajstić information content (AvgIpc) is 2.35. The molecule has 0 saturated carbocycles. The molecule has 1 aromatic carbocycles. The number of nitrogens with one attached hydrogen (secondary N) is 1. The van der Waals surface area contributed by atoms with Gasteiger partial charge in [0, 0.05) is 13.7 Å². The zero-order chi connectivity index (χ0) is 12.5. The van der Waals surface area contributed by atoms with E-state index in [1.807, 2.05) is 24.3 Å². The third-order valence-electron chi connectivity index (χ3n) is 2.44. The zero-order valence-electron chi connectivity index (χ0n) is 11.0. The summed E-state index contributed by atoms with van der Waals surface area (Å²) in [7, 11) is 1.73. The molecule has 0 spiro atoms. The van der Waals surface area contributed by atoms with E-state index in [1.165, 1.54) is 0 Å². The van der Waals surface area contributed by atoms with Gasteiger partial charge in [0.25, 0.3) is 0 Å². The molecule has 3 nitrogen and oxygen atoms in total. The SMILES string of the molecule is CCCOc1ccccc1NCC(C)COC. The number of para-hydroxylation sites is 2. The molecule has 0 amide bonds. The van der Waals surface area contributed by atoms with Crippen LogP contribution in [0.1, 0.15) is 20.3 Å². The van der Waals surface area contributed by atoms with E-state index in [9.17, 15) is 0 Å². The van der Waals surface area contributed by atoms with E-state index in [4.69, 9.17) is 9.47 Å². The first-order valence-corrected chi connectivity index (χ1v) is 6.22. The maximum Gasteiger partial charge on any atom is 0.142 e. The normalized spacial score (nSPS) is 12.2. The molecule has 96 valence electrons. The van der Waals surface area contributed by atoms with Crippen LogP contribution in [-0.2, 0) is 4.74 Å². The fourth-order valence-corrected chi connectivity index (χ4v) is 1.58. The van der Waals surface area contributed by atoms with Gasteiger partial charge in [0.2, 0.25) is 0 Å². The van der Waals surface area contributed by atoms with Crippen molar-refractivity contribution in [3.05, 3.63) is 24.3 Å². The molecule has 3 heteroatoms. The minimum Gasteiger partial charge on any atom is -0.491 e. The molecule has 1 rings (SSSR count). The molecule has 1 N–H and O–H groups in total. The van der Waals surface area contributed by atoms with Crippen LogP contribution in [0, 0.1) is 5.92 Å². The summed E-state index contributed by atoms with van der Waals surface area (Å²) in [6, 6.07) is 8.06. The molecular weight excluding hydrogens is 214 g/mol. The first-order chi connectivity index (χ1) is 8.27. The second-order valence-corrected chi connectivity index (χ2v) is 4.29. The van der Waals surface area contributed by atoms with Gasteiger partial charge in [-0.3, -0.25) is 0 Å². The van der Waals surface area contributed by atoms with Gasteiger partial charge in [-0.2, -0.15) is 0 Å². The van der Waals surface area contributed by atoms with Crippen molar-refractivity contribution < 1.29 is 9.47 Å². The minimum atomic E-state index is 0.485. The average molecular weight is 237 g/mol. The van der Waals surface area contributed by atoms with Crippen LogP contribution in [0.15, 0.2) is 24.3 Å².